The second-order valence-electron chi connectivity index (χ2n) is 4.25. The predicted molar refractivity (Wildman–Crippen MR) is 72.1 cm³/mol. The van der Waals surface area contributed by atoms with Crippen molar-refractivity contribution in [1.82, 2.24) is 10.2 Å². The van der Waals surface area contributed by atoms with Crippen molar-refractivity contribution in [1.29, 1.82) is 0 Å². The Balaban J connectivity index is 2.36. The van der Waals surface area contributed by atoms with Gasteiger partial charge >= 0.3 is 6.18 Å². The number of nitrogens with two attached hydrogens (primary N) is 1. The molecule has 5 nitrogen and oxygen atoms in total. The van der Waals surface area contributed by atoms with Gasteiger partial charge in [-0.05, 0) is 25.1 Å². The molecular weight excluding hydrogens is 309 g/mol. The summed E-state index contributed by atoms with van der Waals surface area (Å²) in [5.74, 6) is -0.843. The van der Waals surface area contributed by atoms with Gasteiger partial charge in [0.25, 0.3) is 5.91 Å². The maximum Gasteiger partial charge on any atom is 0.418 e. The summed E-state index contributed by atoms with van der Waals surface area (Å²) in [6, 6.07) is 3.04. The van der Waals surface area contributed by atoms with Gasteiger partial charge in [-0.15, -0.1) is 0 Å². The number of H-pyrrole nitrogens is 1. The van der Waals surface area contributed by atoms with E-state index in [2.05, 4.69) is 15.5 Å². The van der Waals surface area contributed by atoms with Crippen molar-refractivity contribution in [3.63, 3.8) is 0 Å². The third-order valence-corrected chi connectivity index (χ3v) is 2.98. The summed E-state index contributed by atoms with van der Waals surface area (Å²) < 4.78 is 38.7. The van der Waals surface area contributed by atoms with Crippen LogP contribution in [0.1, 0.15) is 21.7 Å². The summed E-state index contributed by atoms with van der Waals surface area (Å²) in [6.07, 6.45) is -4.65. The number of nitrogen functional groups attached to an aromatic ring is 1. The van der Waals surface area contributed by atoms with E-state index in [1.54, 1.807) is 6.92 Å². The minimum Gasteiger partial charge on any atom is -0.395 e. The van der Waals surface area contributed by atoms with Crippen molar-refractivity contribution in [2.24, 2.45) is 0 Å². The van der Waals surface area contributed by atoms with Crippen LogP contribution in [0.3, 0.4) is 0 Å². The molecule has 9 heteroatoms. The largest absolute Gasteiger partial charge is 0.418 e. The number of alkyl halides is 3. The van der Waals surface area contributed by atoms with Crippen molar-refractivity contribution in [3.05, 3.63) is 40.2 Å². The number of aryl methyl sites for hydroxylation is 1. The minimum atomic E-state index is -4.65. The number of hydrogen-bond acceptors (Lipinski definition) is 3. The van der Waals surface area contributed by atoms with E-state index >= 15 is 0 Å². The van der Waals surface area contributed by atoms with Crippen molar-refractivity contribution < 1.29 is 18.0 Å². The number of anilines is 2. The van der Waals surface area contributed by atoms with Crippen LogP contribution in [-0.4, -0.2) is 16.1 Å². The van der Waals surface area contributed by atoms with E-state index in [1.807, 2.05) is 0 Å². The molecule has 0 radical (unpaired) electrons. The zero-order valence-corrected chi connectivity index (χ0v) is 11.4. The standard InChI is InChI=1S/C12H10ClF3N4O/c1-5-9(17)10(20-19-5)11(21)18-8-3-2-6(13)4-7(8)12(14,15)16/h2-4H,17H2,1H3,(H,18,21)(H,19,20). The van der Waals surface area contributed by atoms with Crippen LogP contribution < -0.4 is 11.1 Å². The number of nitrogens with one attached hydrogen (secondary N) is 2. The number of carbonyl (C=O) groups is 1. The molecule has 1 heterocycles. The van der Waals surface area contributed by atoms with Gasteiger partial charge in [0.1, 0.15) is 0 Å². The summed E-state index contributed by atoms with van der Waals surface area (Å²) in [6.45, 7) is 1.59. The Morgan fingerprint density at radius 3 is 2.62 bits per heavy atom. The van der Waals surface area contributed by atoms with Gasteiger partial charge < -0.3 is 11.1 Å². The van der Waals surface area contributed by atoms with E-state index in [0.717, 1.165) is 12.1 Å². The number of aromatic nitrogens is 2. The van der Waals surface area contributed by atoms with Crippen LogP contribution in [0.4, 0.5) is 24.5 Å². The molecule has 21 heavy (non-hydrogen) atoms. The average Bonchev–Trinajstić information content (AvgIpc) is 2.71. The fourth-order valence-electron chi connectivity index (χ4n) is 1.65. The lowest BCUT2D eigenvalue weighted by molar-refractivity contribution is -0.136. The molecule has 0 atom stereocenters. The van der Waals surface area contributed by atoms with Crippen LogP contribution in [0.25, 0.3) is 0 Å². The van der Waals surface area contributed by atoms with Crippen LogP contribution in [0.5, 0.6) is 0 Å². The van der Waals surface area contributed by atoms with Gasteiger partial charge in [-0.1, -0.05) is 11.6 Å². The first-order valence-electron chi connectivity index (χ1n) is 5.68. The summed E-state index contributed by atoms with van der Waals surface area (Å²) in [5, 5.41) is 8.18. The van der Waals surface area contributed by atoms with E-state index in [4.69, 9.17) is 17.3 Å². The lowest BCUT2D eigenvalue weighted by Crippen LogP contribution is -2.18. The Morgan fingerprint density at radius 1 is 1.43 bits per heavy atom. The summed E-state index contributed by atoms with van der Waals surface area (Å²) in [5.41, 5.74) is 4.50. The molecule has 1 aromatic heterocycles. The predicted octanol–water partition coefficient (Wildman–Crippen LogP) is 3.22. The number of hydrogen-bond donors (Lipinski definition) is 3. The molecule has 0 bridgehead atoms. The second kappa shape index (κ2) is 5.28. The molecule has 0 fully saturated rings. The molecule has 1 aromatic carbocycles. The van der Waals surface area contributed by atoms with E-state index in [9.17, 15) is 18.0 Å². The van der Waals surface area contributed by atoms with Crippen molar-refractivity contribution in [2.75, 3.05) is 11.1 Å². The van der Waals surface area contributed by atoms with Gasteiger partial charge in [-0.25, -0.2) is 0 Å². The first kappa shape index (κ1) is 15.2. The third-order valence-electron chi connectivity index (χ3n) is 2.74. The van der Waals surface area contributed by atoms with E-state index in [0.29, 0.717) is 5.69 Å². The zero-order valence-electron chi connectivity index (χ0n) is 10.7. The van der Waals surface area contributed by atoms with Crippen molar-refractivity contribution >= 4 is 28.9 Å². The SMILES string of the molecule is Cc1[nH]nc(C(=O)Nc2ccc(Cl)cc2C(F)(F)F)c1N. The average molecular weight is 319 g/mol. The fourth-order valence-corrected chi connectivity index (χ4v) is 1.82. The molecule has 0 aliphatic carbocycles. The van der Waals surface area contributed by atoms with Gasteiger partial charge in [0, 0.05) is 5.02 Å². The smallest absolute Gasteiger partial charge is 0.395 e. The molecule has 0 saturated heterocycles. The Labute approximate surface area is 122 Å². The first-order chi connectivity index (χ1) is 9.70. The molecule has 0 unspecified atom stereocenters. The van der Waals surface area contributed by atoms with Crippen LogP contribution in [0.15, 0.2) is 18.2 Å². The Bertz CT molecular complexity index is 696. The molecule has 4 N–H and O–H groups in total. The molecule has 0 aliphatic rings. The molecule has 2 aromatic rings. The highest BCUT2D eigenvalue weighted by Crippen LogP contribution is 2.36. The number of nitrogens with zero attached hydrogens (tertiary/aromatic N) is 1. The lowest BCUT2D eigenvalue weighted by atomic mass is 10.1. The van der Waals surface area contributed by atoms with Crippen LogP contribution in [0, 0.1) is 6.92 Å². The highest BCUT2D eigenvalue weighted by atomic mass is 35.5. The molecule has 1 amide bonds. The Morgan fingerprint density at radius 2 is 2.10 bits per heavy atom. The van der Waals surface area contributed by atoms with Gasteiger partial charge in [-0.3, -0.25) is 9.89 Å². The number of halogens is 4. The monoisotopic (exact) mass is 318 g/mol. The summed E-state index contributed by atoms with van der Waals surface area (Å²) >= 11 is 5.55. The first-order valence-corrected chi connectivity index (χ1v) is 6.06. The maximum absolute atomic E-state index is 12.9. The van der Waals surface area contributed by atoms with E-state index in [-0.39, 0.29) is 16.4 Å². The lowest BCUT2D eigenvalue weighted by Gasteiger charge is -2.13. The van der Waals surface area contributed by atoms with Crippen LogP contribution in [-0.2, 0) is 6.18 Å². The zero-order chi connectivity index (χ0) is 15.8. The quantitative estimate of drug-likeness (QED) is 0.795. The number of carbonyl (C=O) groups excluding carboxylic acids is 1. The number of aromatic amines is 1. The highest BCUT2D eigenvalue weighted by molar-refractivity contribution is 6.30. The van der Waals surface area contributed by atoms with Gasteiger partial charge in [0.2, 0.25) is 0 Å². The van der Waals surface area contributed by atoms with Crippen molar-refractivity contribution in [2.45, 2.75) is 13.1 Å². The summed E-state index contributed by atoms with van der Waals surface area (Å²) in [4.78, 5) is 11.9. The molecule has 0 aliphatic heterocycles. The van der Waals surface area contributed by atoms with Crippen LogP contribution >= 0.6 is 11.6 Å². The topological polar surface area (TPSA) is 83.8 Å². The highest BCUT2D eigenvalue weighted by Gasteiger charge is 2.34. The van der Waals surface area contributed by atoms with E-state index in [1.165, 1.54) is 6.07 Å². The fraction of sp³-hybridized carbons (Fsp3) is 0.167. The van der Waals surface area contributed by atoms with Gasteiger partial charge in [-0.2, -0.15) is 18.3 Å². The van der Waals surface area contributed by atoms with Gasteiger partial charge in [0.05, 0.1) is 22.6 Å². The van der Waals surface area contributed by atoms with Crippen LogP contribution in [0.2, 0.25) is 5.02 Å². The normalized spacial score (nSPS) is 11.5. The Kier molecular flexibility index (Phi) is 3.82. The second-order valence-corrected chi connectivity index (χ2v) is 4.69. The molecule has 0 saturated carbocycles. The minimum absolute atomic E-state index is 0.0787. The molecule has 112 valence electrons. The van der Waals surface area contributed by atoms with Crippen molar-refractivity contribution in [3.8, 4) is 0 Å². The number of rotatable bonds is 2. The molecule has 2 rings (SSSR count). The number of amides is 1. The third kappa shape index (κ3) is 3.10. The summed E-state index contributed by atoms with van der Waals surface area (Å²) in [7, 11) is 0. The molecule has 0 spiro atoms. The number of benzene rings is 1. The maximum atomic E-state index is 12.9. The van der Waals surface area contributed by atoms with Gasteiger partial charge in [0.15, 0.2) is 5.69 Å². The molecular formula is C12H10ClF3N4O. The van der Waals surface area contributed by atoms with E-state index < -0.39 is 23.3 Å². The Hall–Kier alpha value is -2.22.